The van der Waals surface area contributed by atoms with E-state index in [4.69, 9.17) is 4.98 Å². The smallest absolute Gasteiger partial charge is 0.386 e. The van der Waals surface area contributed by atoms with Crippen LogP contribution in [0.25, 0.3) is 10.2 Å². The number of aromatic nitrogens is 2. The minimum atomic E-state index is -4.65. The molecule has 1 aromatic carbocycles. The van der Waals surface area contributed by atoms with Crippen LogP contribution in [0.3, 0.4) is 0 Å². The number of nitrogens with zero attached hydrogens (tertiary/aromatic N) is 3. The number of thiazole rings is 1. The number of hydrogen-bond donors (Lipinski definition) is 2. The Hall–Kier alpha value is -2.72. The van der Waals surface area contributed by atoms with Gasteiger partial charge in [-0.2, -0.15) is 13.2 Å². The third kappa shape index (κ3) is 4.81. The van der Waals surface area contributed by atoms with Gasteiger partial charge >= 0.3 is 6.18 Å². The number of pyridine rings is 1. The Balaban J connectivity index is 1.65. The van der Waals surface area contributed by atoms with Crippen molar-refractivity contribution < 1.29 is 23.1 Å². The van der Waals surface area contributed by atoms with E-state index in [0.717, 1.165) is 35.1 Å². The second-order valence-electron chi connectivity index (χ2n) is 9.19. The fourth-order valence-corrected chi connectivity index (χ4v) is 4.71. The molecule has 0 aliphatic carbocycles. The van der Waals surface area contributed by atoms with Crippen LogP contribution in [0.2, 0.25) is 0 Å². The van der Waals surface area contributed by atoms with Gasteiger partial charge in [0, 0.05) is 24.3 Å². The quantitative estimate of drug-likeness (QED) is 0.522. The Labute approximate surface area is 193 Å². The summed E-state index contributed by atoms with van der Waals surface area (Å²) in [5.74, 6) is 0.431. The van der Waals surface area contributed by atoms with Crippen molar-refractivity contribution in [3.05, 3.63) is 47.3 Å². The highest BCUT2D eigenvalue weighted by Crippen LogP contribution is 2.39. The van der Waals surface area contributed by atoms with Gasteiger partial charge < -0.3 is 15.3 Å². The van der Waals surface area contributed by atoms with Crippen molar-refractivity contribution in [2.75, 3.05) is 23.3 Å². The largest absolute Gasteiger partial charge is 0.433 e. The highest BCUT2D eigenvalue weighted by molar-refractivity contribution is 7.22. The lowest BCUT2D eigenvalue weighted by molar-refractivity contribution is -0.141. The molecule has 0 saturated carbocycles. The number of carbonyl (C=O) groups excluding carboxylic acids is 1. The van der Waals surface area contributed by atoms with Crippen LogP contribution in [0, 0.1) is 11.8 Å². The first-order chi connectivity index (χ1) is 15.3. The Bertz CT molecular complexity index is 1190. The molecule has 3 heterocycles. The Morgan fingerprint density at radius 1 is 1.21 bits per heavy atom. The van der Waals surface area contributed by atoms with Crippen LogP contribution in [0.5, 0.6) is 0 Å². The van der Waals surface area contributed by atoms with Crippen molar-refractivity contribution in [1.29, 1.82) is 0 Å². The number of amides is 1. The molecule has 10 heteroatoms. The highest BCUT2D eigenvalue weighted by atomic mass is 32.1. The zero-order valence-electron chi connectivity index (χ0n) is 18.7. The molecule has 0 atom stereocenters. The lowest BCUT2D eigenvalue weighted by Crippen LogP contribution is -2.49. The molecule has 1 fully saturated rings. The highest BCUT2D eigenvalue weighted by Gasteiger charge is 2.34. The van der Waals surface area contributed by atoms with Gasteiger partial charge in [0.05, 0.1) is 15.8 Å². The summed E-state index contributed by atoms with van der Waals surface area (Å²) in [4.78, 5) is 23.1. The van der Waals surface area contributed by atoms with Crippen LogP contribution in [0.4, 0.5) is 24.0 Å². The van der Waals surface area contributed by atoms with Gasteiger partial charge in [-0.3, -0.25) is 4.79 Å². The van der Waals surface area contributed by atoms with E-state index in [1.807, 2.05) is 0 Å². The maximum absolute atomic E-state index is 13.0. The predicted molar refractivity (Wildman–Crippen MR) is 123 cm³/mol. The number of aliphatic hydroxyl groups is 1. The Kier molecular flexibility index (Phi) is 5.86. The van der Waals surface area contributed by atoms with Crippen LogP contribution >= 0.6 is 11.3 Å². The summed E-state index contributed by atoms with van der Waals surface area (Å²) in [7, 11) is 0. The van der Waals surface area contributed by atoms with Crippen molar-refractivity contribution in [2.24, 2.45) is 11.8 Å². The fourth-order valence-electron chi connectivity index (χ4n) is 3.70. The minimum Gasteiger partial charge on any atom is -0.386 e. The van der Waals surface area contributed by atoms with Crippen molar-refractivity contribution in [2.45, 2.75) is 39.5 Å². The first-order valence-electron chi connectivity index (χ1n) is 10.6. The maximum atomic E-state index is 13.0. The third-order valence-corrected chi connectivity index (χ3v) is 6.90. The van der Waals surface area contributed by atoms with Crippen molar-refractivity contribution in [3.63, 3.8) is 0 Å². The molecule has 0 radical (unpaired) electrons. The zero-order valence-corrected chi connectivity index (χ0v) is 19.5. The van der Waals surface area contributed by atoms with E-state index in [-0.39, 0.29) is 5.69 Å². The molecule has 1 aliphatic heterocycles. The van der Waals surface area contributed by atoms with E-state index >= 15 is 0 Å². The van der Waals surface area contributed by atoms with Gasteiger partial charge in [-0.1, -0.05) is 31.3 Å². The van der Waals surface area contributed by atoms with Gasteiger partial charge in [-0.05, 0) is 49.9 Å². The van der Waals surface area contributed by atoms with E-state index in [0.29, 0.717) is 28.6 Å². The van der Waals surface area contributed by atoms with E-state index in [9.17, 15) is 23.1 Å². The molecule has 4 rings (SSSR count). The molecule has 1 aliphatic rings. The average molecular weight is 479 g/mol. The monoisotopic (exact) mass is 478 g/mol. The summed E-state index contributed by atoms with van der Waals surface area (Å²) in [5.41, 5.74) is -1.42. The van der Waals surface area contributed by atoms with Gasteiger partial charge in [-0.25, -0.2) is 9.97 Å². The number of halogens is 3. The summed E-state index contributed by atoms with van der Waals surface area (Å²) in [6.07, 6.45) is -4.65. The number of fused-ring (bicyclic) bond motifs is 1. The lowest BCUT2D eigenvalue weighted by atomic mass is 9.89. The molecule has 0 unspecified atom stereocenters. The molecular weight excluding hydrogens is 453 g/mol. The van der Waals surface area contributed by atoms with E-state index < -0.39 is 23.4 Å². The number of anilines is 2. The number of carbonyl (C=O) groups is 1. The van der Waals surface area contributed by atoms with E-state index in [1.165, 1.54) is 17.4 Å². The summed E-state index contributed by atoms with van der Waals surface area (Å²) in [6.45, 7) is 9.40. The number of rotatable bonds is 5. The molecular formula is C23H25F3N4O2S. The van der Waals surface area contributed by atoms with Crippen LogP contribution in [0.15, 0.2) is 30.3 Å². The lowest BCUT2D eigenvalue weighted by Gasteiger charge is -2.41. The Morgan fingerprint density at radius 3 is 2.52 bits per heavy atom. The SMILES string of the molecule is CC(C)C1CN(c2nc3cc(C(C)(C)O)c(NC(=O)c4cccc(C(F)(F)F)n4)cc3s2)C1. The number of nitrogens with one attached hydrogen (secondary N) is 1. The average Bonchev–Trinajstić information content (AvgIpc) is 3.06. The molecule has 1 saturated heterocycles. The molecule has 6 nitrogen and oxygen atoms in total. The third-order valence-electron chi connectivity index (χ3n) is 5.82. The topological polar surface area (TPSA) is 78.4 Å². The molecule has 1 amide bonds. The molecule has 33 heavy (non-hydrogen) atoms. The van der Waals surface area contributed by atoms with Gasteiger partial charge in [-0.15, -0.1) is 0 Å². The predicted octanol–water partition coefficient (Wildman–Crippen LogP) is 5.28. The molecule has 3 aromatic rings. The molecule has 176 valence electrons. The zero-order chi connectivity index (χ0) is 24.1. The van der Waals surface area contributed by atoms with Crippen molar-refractivity contribution >= 4 is 38.3 Å². The van der Waals surface area contributed by atoms with Crippen molar-refractivity contribution in [1.82, 2.24) is 9.97 Å². The minimum absolute atomic E-state index is 0.304. The van der Waals surface area contributed by atoms with Crippen LogP contribution < -0.4 is 10.2 Å². The molecule has 2 N–H and O–H groups in total. The van der Waals surface area contributed by atoms with Gasteiger partial charge in [0.2, 0.25) is 0 Å². The summed E-state index contributed by atoms with van der Waals surface area (Å²) >= 11 is 1.47. The van der Waals surface area contributed by atoms with Crippen LogP contribution in [-0.4, -0.2) is 34.1 Å². The van der Waals surface area contributed by atoms with Gasteiger partial charge in [0.15, 0.2) is 5.13 Å². The summed E-state index contributed by atoms with van der Waals surface area (Å²) in [5, 5.41) is 14.2. The van der Waals surface area contributed by atoms with Gasteiger partial charge in [0.1, 0.15) is 11.4 Å². The molecule has 0 bridgehead atoms. The standard InChI is InChI=1S/C23H25F3N4O2S/c1-12(2)13-10-30(11-13)21-29-17-8-14(22(3,4)32)16(9-18(17)33-21)28-20(31)15-6-5-7-19(27-15)23(24,25)26/h5-9,12-13,32H,10-11H2,1-4H3,(H,28,31). The Morgan fingerprint density at radius 2 is 1.91 bits per heavy atom. The summed E-state index contributed by atoms with van der Waals surface area (Å²) < 4.78 is 39.8. The first-order valence-corrected chi connectivity index (χ1v) is 11.4. The van der Waals surface area contributed by atoms with Gasteiger partial charge in [0.25, 0.3) is 5.91 Å². The normalized spacial score (nSPS) is 15.2. The van der Waals surface area contributed by atoms with Crippen molar-refractivity contribution in [3.8, 4) is 0 Å². The fraction of sp³-hybridized carbons (Fsp3) is 0.435. The number of alkyl halides is 3. The van der Waals surface area contributed by atoms with Crippen LogP contribution in [-0.2, 0) is 11.8 Å². The van der Waals surface area contributed by atoms with E-state index in [1.54, 1.807) is 26.0 Å². The molecule has 0 spiro atoms. The second-order valence-corrected chi connectivity index (χ2v) is 10.2. The maximum Gasteiger partial charge on any atom is 0.433 e. The number of hydrogen-bond acceptors (Lipinski definition) is 6. The van der Waals surface area contributed by atoms with E-state index in [2.05, 4.69) is 29.0 Å². The second kappa shape index (κ2) is 8.25. The number of benzene rings is 1. The molecule has 2 aromatic heterocycles. The first kappa shape index (κ1) is 23.4. The van der Waals surface area contributed by atoms with Crippen LogP contribution in [0.1, 0.15) is 49.4 Å². The summed E-state index contributed by atoms with van der Waals surface area (Å²) in [6, 6.07) is 6.58.